The number of nitrogens with one attached hydrogen (secondary N) is 2. The van der Waals surface area contributed by atoms with E-state index in [0.717, 1.165) is 16.8 Å². The van der Waals surface area contributed by atoms with Gasteiger partial charge in [0.1, 0.15) is 6.04 Å². The molecule has 0 saturated carbocycles. The first-order valence-corrected chi connectivity index (χ1v) is 9.46. The molecular formula is C21H20ClN5O. The molecule has 1 aliphatic rings. The number of anilines is 2. The summed E-state index contributed by atoms with van der Waals surface area (Å²) >= 11 is 6.06. The molecule has 1 atom stereocenters. The number of hydrogen-bond donors (Lipinski definition) is 2. The number of halogens is 1. The van der Waals surface area contributed by atoms with Crippen molar-refractivity contribution in [3.8, 4) is 0 Å². The van der Waals surface area contributed by atoms with Crippen molar-refractivity contribution < 1.29 is 4.79 Å². The minimum Gasteiger partial charge on any atom is -0.324 e. The lowest BCUT2D eigenvalue weighted by molar-refractivity contribution is -0.118. The molecule has 142 valence electrons. The second-order valence-corrected chi connectivity index (χ2v) is 7.35. The topological polar surface area (TPSA) is 71.8 Å². The van der Waals surface area contributed by atoms with Crippen LogP contribution in [0.15, 0.2) is 60.7 Å². The van der Waals surface area contributed by atoms with Crippen LogP contribution >= 0.6 is 11.6 Å². The summed E-state index contributed by atoms with van der Waals surface area (Å²) in [5, 5.41) is 11.3. The van der Waals surface area contributed by atoms with Crippen LogP contribution in [-0.2, 0) is 4.79 Å². The van der Waals surface area contributed by atoms with Crippen molar-refractivity contribution in [3.63, 3.8) is 0 Å². The van der Waals surface area contributed by atoms with Gasteiger partial charge in [0, 0.05) is 16.6 Å². The maximum atomic E-state index is 12.1. The average molecular weight is 394 g/mol. The van der Waals surface area contributed by atoms with Crippen LogP contribution in [0.4, 0.5) is 11.9 Å². The first-order valence-electron chi connectivity index (χ1n) is 9.08. The molecule has 3 aromatic rings. The van der Waals surface area contributed by atoms with Gasteiger partial charge in [-0.2, -0.15) is 4.98 Å². The Labute approximate surface area is 168 Å². The summed E-state index contributed by atoms with van der Waals surface area (Å²) in [6.45, 7) is 3.66. The molecule has 2 aromatic carbocycles. The number of carbonyl (C=O) groups is 1. The third-order valence-electron chi connectivity index (χ3n) is 4.52. The van der Waals surface area contributed by atoms with Crippen LogP contribution in [0.2, 0.25) is 5.02 Å². The second-order valence-electron chi connectivity index (χ2n) is 6.92. The predicted molar refractivity (Wildman–Crippen MR) is 111 cm³/mol. The van der Waals surface area contributed by atoms with Crippen LogP contribution in [0.5, 0.6) is 0 Å². The molecule has 0 radical (unpaired) electrons. The van der Waals surface area contributed by atoms with E-state index >= 15 is 0 Å². The van der Waals surface area contributed by atoms with Crippen molar-refractivity contribution in [2.75, 3.05) is 10.6 Å². The van der Waals surface area contributed by atoms with Gasteiger partial charge in [0.15, 0.2) is 0 Å². The Hall–Kier alpha value is -3.12. The summed E-state index contributed by atoms with van der Waals surface area (Å²) in [6.07, 6.45) is 2.09. The molecule has 0 aliphatic carbocycles. The van der Waals surface area contributed by atoms with Crippen LogP contribution < -0.4 is 10.6 Å². The van der Waals surface area contributed by atoms with Crippen molar-refractivity contribution in [1.82, 2.24) is 14.8 Å². The molecule has 28 heavy (non-hydrogen) atoms. The molecule has 2 heterocycles. The van der Waals surface area contributed by atoms with Gasteiger partial charge in [-0.05, 0) is 29.3 Å². The fourth-order valence-corrected chi connectivity index (χ4v) is 3.11. The number of benzene rings is 2. The Morgan fingerprint density at radius 2 is 1.86 bits per heavy atom. The maximum absolute atomic E-state index is 12.1. The van der Waals surface area contributed by atoms with Crippen molar-refractivity contribution in [2.24, 2.45) is 5.92 Å². The summed E-state index contributed by atoms with van der Waals surface area (Å²) < 4.78 is 1.77. The summed E-state index contributed by atoms with van der Waals surface area (Å²) in [7, 11) is 0. The van der Waals surface area contributed by atoms with Crippen LogP contribution in [0.1, 0.15) is 31.0 Å². The lowest BCUT2D eigenvalue weighted by Gasteiger charge is -2.24. The molecule has 0 spiro atoms. The number of carbonyl (C=O) groups excluding carboxylic acids is 1. The molecule has 7 heteroatoms. The zero-order valence-corrected chi connectivity index (χ0v) is 16.3. The number of nitrogens with zero attached hydrogens (tertiary/aromatic N) is 3. The van der Waals surface area contributed by atoms with E-state index in [4.69, 9.17) is 11.6 Å². The van der Waals surface area contributed by atoms with Crippen molar-refractivity contribution in [3.05, 3.63) is 76.8 Å². The third-order valence-corrected chi connectivity index (χ3v) is 4.77. The van der Waals surface area contributed by atoms with E-state index in [1.165, 1.54) is 0 Å². The Kier molecular flexibility index (Phi) is 4.88. The van der Waals surface area contributed by atoms with Gasteiger partial charge in [-0.1, -0.05) is 67.9 Å². The molecule has 0 unspecified atom stereocenters. The number of allylic oxidation sites excluding steroid dienone is 1. The predicted octanol–water partition coefficient (Wildman–Crippen LogP) is 4.58. The lowest BCUT2D eigenvalue weighted by Crippen LogP contribution is -2.20. The first kappa shape index (κ1) is 18.3. The van der Waals surface area contributed by atoms with Crippen LogP contribution in [0.25, 0.3) is 5.70 Å². The average Bonchev–Trinajstić information content (AvgIpc) is 3.11. The molecule has 1 aromatic heterocycles. The number of fused-ring (bicyclic) bond motifs is 1. The van der Waals surface area contributed by atoms with E-state index in [1.54, 1.807) is 4.68 Å². The van der Waals surface area contributed by atoms with Gasteiger partial charge < -0.3 is 5.32 Å². The summed E-state index contributed by atoms with van der Waals surface area (Å²) in [4.78, 5) is 16.5. The number of amides is 1. The largest absolute Gasteiger partial charge is 0.324 e. The normalized spacial score (nSPS) is 15.6. The van der Waals surface area contributed by atoms with Gasteiger partial charge in [-0.3, -0.25) is 10.1 Å². The minimum atomic E-state index is -0.180. The van der Waals surface area contributed by atoms with Crippen LogP contribution in [0.3, 0.4) is 0 Å². The van der Waals surface area contributed by atoms with Crippen LogP contribution in [0, 0.1) is 5.92 Å². The van der Waals surface area contributed by atoms with Crippen LogP contribution in [-0.4, -0.2) is 20.7 Å². The number of hydrogen-bond acceptors (Lipinski definition) is 4. The Bertz CT molecular complexity index is 1020. The minimum absolute atomic E-state index is 0.123. The zero-order chi connectivity index (χ0) is 19.7. The van der Waals surface area contributed by atoms with E-state index < -0.39 is 0 Å². The first-order chi connectivity index (χ1) is 13.5. The zero-order valence-electron chi connectivity index (χ0n) is 15.6. The standard InChI is InChI=1S/C21H20ClN5O/c1-13(2)19(28)24-20-25-21-23-17(14-6-4-3-5-7-14)12-18(27(21)26-20)15-8-10-16(22)11-9-15/h3-13,18H,1-2H3,(H2,23,24,25,26,28)/t18-/m1/s1. The van der Waals surface area contributed by atoms with Crippen molar-refractivity contribution in [2.45, 2.75) is 19.9 Å². The van der Waals surface area contributed by atoms with E-state index in [1.807, 2.05) is 68.4 Å². The molecular weight excluding hydrogens is 374 g/mol. The fraction of sp³-hybridized carbons (Fsp3) is 0.190. The monoisotopic (exact) mass is 393 g/mol. The number of aromatic nitrogens is 3. The molecule has 1 amide bonds. The highest BCUT2D eigenvalue weighted by atomic mass is 35.5. The summed E-state index contributed by atoms with van der Waals surface area (Å²) in [6, 6.07) is 17.5. The number of rotatable bonds is 4. The summed E-state index contributed by atoms with van der Waals surface area (Å²) in [5.41, 5.74) is 3.00. The molecule has 1 aliphatic heterocycles. The Morgan fingerprint density at radius 3 is 2.54 bits per heavy atom. The van der Waals surface area contributed by atoms with E-state index in [2.05, 4.69) is 26.8 Å². The highest BCUT2D eigenvalue weighted by molar-refractivity contribution is 6.30. The second kappa shape index (κ2) is 7.48. The Morgan fingerprint density at radius 1 is 1.14 bits per heavy atom. The molecule has 6 nitrogen and oxygen atoms in total. The summed E-state index contributed by atoms with van der Waals surface area (Å²) in [5.74, 6) is 0.573. The van der Waals surface area contributed by atoms with E-state index in [-0.39, 0.29) is 23.8 Å². The van der Waals surface area contributed by atoms with Crippen molar-refractivity contribution in [1.29, 1.82) is 0 Å². The van der Waals surface area contributed by atoms with E-state index in [9.17, 15) is 4.79 Å². The van der Waals surface area contributed by atoms with Gasteiger partial charge in [-0.15, -0.1) is 5.10 Å². The van der Waals surface area contributed by atoms with E-state index in [0.29, 0.717) is 11.0 Å². The molecule has 4 rings (SSSR count). The molecule has 0 fully saturated rings. The third kappa shape index (κ3) is 3.64. The molecule has 2 N–H and O–H groups in total. The smallest absolute Gasteiger partial charge is 0.250 e. The van der Waals surface area contributed by atoms with Gasteiger partial charge in [0.25, 0.3) is 5.95 Å². The molecule has 0 saturated heterocycles. The van der Waals surface area contributed by atoms with Gasteiger partial charge in [0.05, 0.1) is 0 Å². The highest BCUT2D eigenvalue weighted by Crippen LogP contribution is 2.33. The fourth-order valence-electron chi connectivity index (χ4n) is 2.98. The van der Waals surface area contributed by atoms with Crippen molar-refractivity contribution >= 4 is 35.1 Å². The van der Waals surface area contributed by atoms with Gasteiger partial charge >= 0.3 is 0 Å². The van der Waals surface area contributed by atoms with Gasteiger partial charge in [-0.25, -0.2) is 4.68 Å². The maximum Gasteiger partial charge on any atom is 0.250 e. The molecule has 0 bridgehead atoms. The SMILES string of the molecule is CC(C)C(=O)Nc1nc2n(n1)[C@@H](c1ccc(Cl)cc1)C=C(c1ccccc1)N2. The van der Waals surface area contributed by atoms with Gasteiger partial charge in [0.2, 0.25) is 11.9 Å². The lowest BCUT2D eigenvalue weighted by atomic mass is 10.0. The highest BCUT2D eigenvalue weighted by Gasteiger charge is 2.26. The Balaban J connectivity index is 1.75. The quantitative estimate of drug-likeness (QED) is 0.680.